The SMILES string of the molecule is CCCCCCCCCCCCCCCC(=O)OCC(COC(c1ccccc1)(c1ccccc1)c1ccc(C(=O)N2C(=O)C=CC2=O)cc1)OC(=O)CCCCCCCCCCCCCCC. The third-order valence-electron chi connectivity index (χ3n) is 13.1. The second kappa shape index (κ2) is 33.6. The zero-order valence-corrected chi connectivity index (χ0v) is 41.7. The van der Waals surface area contributed by atoms with Crippen molar-refractivity contribution in [1.29, 1.82) is 0 Å². The van der Waals surface area contributed by atoms with Gasteiger partial charge in [0.25, 0.3) is 17.7 Å². The van der Waals surface area contributed by atoms with Gasteiger partial charge in [-0.1, -0.05) is 241 Å². The molecule has 3 aromatic carbocycles. The minimum atomic E-state index is -1.27. The number of hydrogen-bond donors (Lipinski definition) is 0. The van der Waals surface area contributed by atoms with Gasteiger partial charge in [-0.25, -0.2) is 4.90 Å². The molecule has 1 atom stereocenters. The maximum Gasteiger partial charge on any atom is 0.306 e. The molecule has 0 fully saturated rings. The minimum absolute atomic E-state index is 0.108. The van der Waals surface area contributed by atoms with Gasteiger partial charge in [0.1, 0.15) is 12.2 Å². The van der Waals surface area contributed by atoms with Crippen LogP contribution in [0.5, 0.6) is 0 Å². The lowest BCUT2D eigenvalue weighted by molar-refractivity contribution is -0.165. The fourth-order valence-electron chi connectivity index (χ4n) is 9.08. The van der Waals surface area contributed by atoms with E-state index in [1.165, 1.54) is 128 Å². The van der Waals surface area contributed by atoms with E-state index in [4.69, 9.17) is 14.2 Å². The topological polar surface area (TPSA) is 116 Å². The first kappa shape index (κ1) is 55.7. The summed E-state index contributed by atoms with van der Waals surface area (Å²) < 4.78 is 19.0. The van der Waals surface area contributed by atoms with Crippen LogP contribution in [0.1, 0.15) is 221 Å². The van der Waals surface area contributed by atoms with Gasteiger partial charge in [0.15, 0.2) is 6.10 Å². The average molecular weight is 934 g/mol. The number of imide groups is 3. The third kappa shape index (κ3) is 20.0. The Balaban J connectivity index is 1.39. The monoisotopic (exact) mass is 934 g/mol. The molecule has 1 heterocycles. The summed E-state index contributed by atoms with van der Waals surface area (Å²) in [6, 6.07) is 25.9. The first-order valence-electron chi connectivity index (χ1n) is 26.6. The first-order valence-corrected chi connectivity index (χ1v) is 26.6. The first-order chi connectivity index (χ1) is 33.3. The molecule has 1 unspecified atom stereocenters. The van der Waals surface area contributed by atoms with Crippen LogP contribution >= 0.6 is 0 Å². The maximum absolute atomic E-state index is 13.5. The largest absolute Gasteiger partial charge is 0.462 e. The highest BCUT2D eigenvalue weighted by Gasteiger charge is 2.39. The quantitative estimate of drug-likeness (QED) is 0.0241. The lowest BCUT2D eigenvalue weighted by atomic mass is 9.79. The molecule has 0 saturated carbocycles. The second-order valence-electron chi connectivity index (χ2n) is 18.7. The van der Waals surface area contributed by atoms with E-state index >= 15 is 0 Å². The zero-order valence-electron chi connectivity index (χ0n) is 41.7. The molecule has 0 aromatic heterocycles. The van der Waals surface area contributed by atoms with Crippen molar-refractivity contribution in [3.05, 3.63) is 119 Å². The van der Waals surface area contributed by atoms with Gasteiger partial charge in [0.05, 0.1) is 6.61 Å². The number of benzene rings is 3. The summed E-state index contributed by atoms with van der Waals surface area (Å²) in [6.07, 6.45) is 33.3. The van der Waals surface area contributed by atoms with Crippen molar-refractivity contribution < 1.29 is 38.2 Å². The van der Waals surface area contributed by atoms with E-state index in [1.54, 1.807) is 24.3 Å². The number of nitrogens with zero attached hydrogens (tertiary/aromatic N) is 1. The Labute approximate surface area is 409 Å². The molecule has 9 nitrogen and oxygen atoms in total. The van der Waals surface area contributed by atoms with Crippen LogP contribution in [0, 0.1) is 0 Å². The second-order valence-corrected chi connectivity index (χ2v) is 18.7. The lowest BCUT2D eigenvalue weighted by Crippen LogP contribution is -2.39. The van der Waals surface area contributed by atoms with E-state index in [-0.39, 0.29) is 37.1 Å². The number of esters is 2. The van der Waals surface area contributed by atoms with Crippen LogP contribution in [0.15, 0.2) is 97.1 Å². The molecule has 3 amide bonds. The van der Waals surface area contributed by atoms with Crippen molar-refractivity contribution in [1.82, 2.24) is 4.90 Å². The van der Waals surface area contributed by atoms with Crippen molar-refractivity contribution in [3.63, 3.8) is 0 Å². The molecule has 0 radical (unpaired) electrons. The highest BCUT2D eigenvalue weighted by atomic mass is 16.6. The Hall–Kier alpha value is -4.89. The molecule has 0 bridgehead atoms. The van der Waals surface area contributed by atoms with Gasteiger partial charge in [-0.15, -0.1) is 0 Å². The molecular formula is C59H83NO8. The number of rotatable bonds is 38. The number of hydrogen-bond acceptors (Lipinski definition) is 8. The van der Waals surface area contributed by atoms with Crippen LogP contribution in [0.2, 0.25) is 0 Å². The molecule has 4 rings (SSSR count). The van der Waals surface area contributed by atoms with Gasteiger partial charge in [-0.3, -0.25) is 24.0 Å². The van der Waals surface area contributed by atoms with Gasteiger partial charge in [-0.05, 0) is 41.7 Å². The summed E-state index contributed by atoms with van der Waals surface area (Å²) in [7, 11) is 0. The van der Waals surface area contributed by atoms with Crippen molar-refractivity contribution >= 4 is 29.7 Å². The van der Waals surface area contributed by atoms with Crippen LogP contribution in [0.3, 0.4) is 0 Å². The lowest BCUT2D eigenvalue weighted by Gasteiger charge is -2.37. The van der Waals surface area contributed by atoms with E-state index in [9.17, 15) is 24.0 Å². The Morgan fingerprint density at radius 1 is 0.456 bits per heavy atom. The highest BCUT2D eigenvalue weighted by Crippen LogP contribution is 2.41. The fraction of sp³-hybridized carbons (Fsp3) is 0.576. The Kier molecular flexibility index (Phi) is 27.5. The summed E-state index contributed by atoms with van der Waals surface area (Å²) in [6.45, 7) is 4.25. The van der Waals surface area contributed by atoms with Crippen LogP contribution in [0.4, 0.5) is 0 Å². The summed E-state index contributed by atoms with van der Waals surface area (Å²) in [5.74, 6) is -2.78. The van der Waals surface area contributed by atoms with Crippen molar-refractivity contribution in [2.75, 3.05) is 13.2 Å². The van der Waals surface area contributed by atoms with Crippen LogP contribution < -0.4 is 0 Å². The number of carbonyl (C=O) groups is 5. The standard InChI is InChI=1S/C59H83NO8/c1-3-5-7-9-11-13-15-17-19-21-23-25-33-39-56(63)66-47-53(68-57(64)40-34-26-24-22-20-18-16-14-12-10-8-6-4-2)48-67-59(50-35-29-27-30-36-50,51-37-31-28-32-38-51)52-43-41-49(42-44-52)58(65)60-54(61)45-46-55(60)62/h27-32,35-38,41-46,53H,3-26,33-34,39-40,47-48H2,1-2H3. The Bertz CT molecular complexity index is 1850. The number of ether oxygens (including phenoxy) is 3. The van der Waals surface area contributed by atoms with Crippen molar-refractivity contribution in [2.45, 2.75) is 205 Å². The molecule has 68 heavy (non-hydrogen) atoms. The van der Waals surface area contributed by atoms with Crippen molar-refractivity contribution in [3.8, 4) is 0 Å². The van der Waals surface area contributed by atoms with E-state index in [0.717, 1.165) is 61.8 Å². The number of amides is 3. The zero-order chi connectivity index (χ0) is 48.5. The molecule has 0 spiro atoms. The highest BCUT2D eigenvalue weighted by molar-refractivity contribution is 6.25. The molecule has 0 saturated heterocycles. The van der Waals surface area contributed by atoms with Gasteiger partial charge in [0.2, 0.25) is 0 Å². The summed E-state index contributed by atoms with van der Waals surface area (Å²) >= 11 is 0. The molecular weight excluding hydrogens is 851 g/mol. The molecule has 372 valence electrons. The number of carbonyl (C=O) groups excluding carboxylic acids is 5. The summed E-state index contributed by atoms with van der Waals surface area (Å²) in [5, 5.41) is 0. The predicted molar refractivity (Wildman–Crippen MR) is 272 cm³/mol. The van der Waals surface area contributed by atoms with Crippen LogP contribution in [0.25, 0.3) is 0 Å². The molecule has 3 aromatic rings. The van der Waals surface area contributed by atoms with Gasteiger partial charge < -0.3 is 14.2 Å². The van der Waals surface area contributed by atoms with Crippen molar-refractivity contribution in [2.24, 2.45) is 0 Å². The third-order valence-corrected chi connectivity index (χ3v) is 13.1. The van der Waals surface area contributed by atoms with Gasteiger partial charge in [-0.2, -0.15) is 0 Å². The van der Waals surface area contributed by atoms with Crippen LogP contribution in [-0.4, -0.2) is 53.9 Å². The van der Waals surface area contributed by atoms with E-state index < -0.39 is 29.4 Å². The average Bonchev–Trinajstić information content (AvgIpc) is 3.70. The fourth-order valence-corrected chi connectivity index (χ4v) is 9.08. The minimum Gasteiger partial charge on any atom is -0.462 e. The molecule has 1 aliphatic heterocycles. The number of unbranched alkanes of at least 4 members (excludes halogenated alkanes) is 24. The Morgan fingerprint density at radius 2 is 0.824 bits per heavy atom. The van der Waals surface area contributed by atoms with Crippen LogP contribution in [-0.2, 0) is 39.0 Å². The van der Waals surface area contributed by atoms with E-state index in [1.807, 2.05) is 60.7 Å². The Morgan fingerprint density at radius 3 is 1.24 bits per heavy atom. The molecule has 0 N–H and O–H groups in total. The normalized spacial score (nSPS) is 13.0. The summed E-state index contributed by atoms with van der Waals surface area (Å²) in [4.78, 5) is 65.3. The van der Waals surface area contributed by atoms with E-state index in [2.05, 4.69) is 13.8 Å². The summed E-state index contributed by atoms with van der Waals surface area (Å²) in [5.41, 5.74) is 1.08. The predicted octanol–water partition coefficient (Wildman–Crippen LogP) is 14.5. The maximum atomic E-state index is 13.5. The van der Waals surface area contributed by atoms with Gasteiger partial charge in [0, 0.05) is 30.6 Å². The molecule has 1 aliphatic rings. The molecule has 9 heteroatoms. The smallest absolute Gasteiger partial charge is 0.306 e. The van der Waals surface area contributed by atoms with Gasteiger partial charge >= 0.3 is 11.9 Å². The van der Waals surface area contributed by atoms with E-state index in [0.29, 0.717) is 16.9 Å². The molecule has 0 aliphatic carbocycles.